The van der Waals surface area contributed by atoms with Gasteiger partial charge in [0.15, 0.2) is 5.82 Å². The van der Waals surface area contributed by atoms with Crippen LogP contribution in [0.5, 0.6) is 5.88 Å². The van der Waals surface area contributed by atoms with E-state index in [2.05, 4.69) is 42.9 Å². The third kappa shape index (κ3) is 4.31. The van der Waals surface area contributed by atoms with Gasteiger partial charge in [0.1, 0.15) is 5.69 Å². The number of hydrogen-bond acceptors (Lipinski definition) is 6. The van der Waals surface area contributed by atoms with Gasteiger partial charge in [-0.2, -0.15) is 5.10 Å². The van der Waals surface area contributed by atoms with Gasteiger partial charge in [0.25, 0.3) is 11.8 Å². The third-order valence-corrected chi connectivity index (χ3v) is 10.7. The van der Waals surface area contributed by atoms with Crippen molar-refractivity contribution in [3.8, 4) is 17.1 Å². The van der Waals surface area contributed by atoms with Gasteiger partial charge in [0.05, 0.1) is 25.5 Å². The molecule has 9 nitrogen and oxygen atoms in total. The number of piperidine rings is 1. The molecule has 1 spiro atoms. The Labute approximate surface area is 243 Å². The first-order valence-electron chi connectivity index (χ1n) is 14.6. The Balaban J connectivity index is 1.28. The fourth-order valence-electron chi connectivity index (χ4n) is 9.55. The van der Waals surface area contributed by atoms with Crippen molar-refractivity contribution in [2.24, 2.45) is 34.3 Å². The van der Waals surface area contributed by atoms with Crippen molar-refractivity contribution in [2.45, 2.75) is 70.9 Å². The van der Waals surface area contributed by atoms with Gasteiger partial charge in [-0.15, -0.1) is 0 Å². The second kappa shape index (κ2) is 9.42. The second-order valence-electron chi connectivity index (χ2n) is 13.9. The molecule has 6 rings (SSSR count). The van der Waals surface area contributed by atoms with Crippen LogP contribution in [0.2, 0.25) is 0 Å². The number of nitrogens with zero attached hydrogens (tertiary/aromatic N) is 4. The van der Waals surface area contributed by atoms with Crippen molar-refractivity contribution in [3.05, 3.63) is 29.8 Å². The van der Waals surface area contributed by atoms with Gasteiger partial charge in [-0.05, 0) is 48.0 Å². The first-order valence-corrected chi connectivity index (χ1v) is 14.6. The Hall–Kier alpha value is -3.15. The molecule has 2 aromatic rings. The highest BCUT2D eigenvalue weighted by Crippen LogP contribution is 2.73. The number of methoxy groups -OCH3 is 1. The Morgan fingerprint density at radius 1 is 1.12 bits per heavy atom. The van der Waals surface area contributed by atoms with E-state index in [-0.39, 0.29) is 82.2 Å². The molecule has 4 heterocycles. The summed E-state index contributed by atoms with van der Waals surface area (Å²) < 4.78 is 48.1. The number of amides is 2. The van der Waals surface area contributed by atoms with Gasteiger partial charge in [0.2, 0.25) is 11.8 Å². The predicted molar refractivity (Wildman–Crippen MR) is 148 cm³/mol. The lowest BCUT2D eigenvalue weighted by Crippen LogP contribution is -2.71. The highest BCUT2D eigenvalue weighted by atomic mass is 19.3. The molecular formula is C30H39F3N6O3. The quantitative estimate of drug-likeness (QED) is 0.525. The van der Waals surface area contributed by atoms with E-state index in [9.17, 15) is 22.8 Å². The summed E-state index contributed by atoms with van der Waals surface area (Å²) in [6.45, 7) is 9.08. The minimum atomic E-state index is -2.67. The summed E-state index contributed by atoms with van der Waals surface area (Å²) in [5.74, 6) is -3.83. The largest absolute Gasteiger partial charge is 0.481 e. The van der Waals surface area contributed by atoms with E-state index in [0.29, 0.717) is 32.4 Å². The highest BCUT2D eigenvalue weighted by Gasteiger charge is 2.75. The minimum absolute atomic E-state index is 0.0249. The molecule has 0 aromatic carbocycles. The number of aromatic nitrogens is 3. The van der Waals surface area contributed by atoms with Crippen LogP contribution in [0.1, 0.15) is 63.9 Å². The number of aromatic amines is 1. The number of likely N-dealkylation sites (tertiary alicyclic amines) is 2. The van der Waals surface area contributed by atoms with E-state index in [4.69, 9.17) is 10.5 Å². The van der Waals surface area contributed by atoms with Crippen molar-refractivity contribution in [3.63, 3.8) is 0 Å². The number of alkyl halides is 2. The van der Waals surface area contributed by atoms with Crippen molar-refractivity contribution < 1.29 is 27.5 Å². The fourth-order valence-corrected chi connectivity index (χ4v) is 9.55. The third-order valence-electron chi connectivity index (χ3n) is 10.7. The first-order chi connectivity index (χ1) is 19.6. The number of rotatable bonds is 6. The molecule has 2 saturated heterocycles. The smallest absolute Gasteiger partial charge is 0.272 e. The number of nitrogens with one attached hydrogen (secondary N) is 1. The molecule has 3 atom stereocenters. The molecule has 2 saturated carbocycles. The molecule has 3 N–H and O–H groups in total. The minimum Gasteiger partial charge on any atom is -0.481 e. The molecule has 3 unspecified atom stereocenters. The Kier molecular flexibility index (Phi) is 6.49. The normalized spacial score (nSPS) is 32.9. The summed E-state index contributed by atoms with van der Waals surface area (Å²) >= 11 is 0. The summed E-state index contributed by atoms with van der Waals surface area (Å²) in [4.78, 5) is 34.0. The van der Waals surface area contributed by atoms with Crippen molar-refractivity contribution >= 4 is 11.8 Å². The van der Waals surface area contributed by atoms with Crippen LogP contribution in [0.25, 0.3) is 11.3 Å². The maximum Gasteiger partial charge on any atom is 0.272 e. The zero-order valence-electron chi connectivity index (χ0n) is 24.7. The Morgan fingerprint density at radius 2 is 1.83 bits per heavy atom. The average molecular weight is 589 g/mol. The molecule has 2 aromatic heterocycles. The lowest BCUT2D eigenvalue weighted by atomic mass is 9.42. The van der Waals surface area contributed by atoms with E-state index in [1.54, 1.807) is 0 Å². The van der Waals surface area contributed by atoms with Crippen molar-refractivity contribution in [1.29, 1.82) is 0 Å². The van der Waals surface area contributed by atoms with Crippen LogP contribution in [-0.4, -0.2) is 81.0 Å². The molecule has 228 valence electrons. The first kappa shape index (κ1) is 28.9. The number of hydrogen-bond donors (Lipinski definition) is 2. The van der Waals surface area contributed by atoms with Gasteiger partial charge in [-0.3, -0.25) is 19.6 Å². The molecule has 12 heteroatoms. The molecule has 2 aliphatic heterocycles. The summed E-state index contributed by atoms with van der Waals surface area (Å²) in [6, 6.07) is 2.92. The van der Waals surface area contributed by atoms with E-state index in [1.807, 2.05) is 9.80 Å². The molecule has 2 amide bonds. The summed E-state index contributed by atoms with van der Waals surface area (Å²) in [7, 11) is 1.43. The zero-order valence-corrected chi connectivity index (χ0v) is 24.7. The van der Waals surface area contributed by atoms with Gasteiger partial charge in [0, 0.05) is 48.6 Å². The molecular weight excluding hydrogens is 549 g/mol. The maximum absolute atomic E-state index is 14.6. The number of pyridine rings is 1. The van der Waals surface area contributed by atoms with E-state index < -0.39 is 17.3 Å². The highest BCUT2D eigenvalue weighted by molar-refractivity contribution is 5.94. The predicted octanol–water partition coefficient (Wildman–Crippen LogP) is 4.11. The van der Waals surface area contributed by atoms with Gasteiger partial charge < -0.3 is 15.4 Å². The van der Waals surface area contributed by atoms with Crippen LogP contribution in [0, 0.1) is 34.4 Å². The number of carbonyl (C=O) groups excluding carboxylic acids is 2. The van der Waals surface area contributed by atoms with Crippen molar-refractivity contribution in [2.75, 3.05) is 26.7 Å². The van der Waals surface area contributed by atoms with E-state index in [1.165, 1.54) is 19.2 Å². The zero-order chi connectivity index (χ0) is 30.4. The monoisotopic (exact) mass is 588 g/mol. The fraction of sp³-hybridized carbons (Fsp3) is 0.667. The SMILES string of the molecule is COc1cc(-c2cc(C(=O)N3CCC(C(N)=O)CC34CC4C3C(C)(C)C(N4CCC(F)(F)C4)C3(C)C)[nH]n2)c(F)cn1. The van der Waals surface area contributed by atoms with E-state index >= 15 is 0 Å². The Bertz CT molecular complexity index is 1410. The number of primary amides is 1. The van der Waals surface area contributed by atoms with Crippen LogP contribution in [0.15, 0.2) is 18.3 Å². The van der Waals surface area contributed by atoms with Crippen LogP contribution < -0.4 is 10.5 Å². The lowest BCUT2D eigenvalue weighted by Gasteiger charge is -2.68. The lowest BCUT2D eigenvalue weighted by molar-refractivity contribution is -0.193. The second-order valence-corrected chi connectivity index (χ2v) is 13.9. The van der Waals surface area contributed by atoms with Crippen LogP contribution in [0.4, 0.5) is 13.2 Å². The van der Waals surface area contributed by atoms with E-state index in [0.717, 1.165) is 6.20 Å². The summed E-state index contributed by atoms with van der Waals surface area (Å²) in [6.07, 6.45) is 2.54. The maximum atomic E-state index is 14.6. The summed E-state index contributed by atoms with van der Waals surface area (Å²) in [5.41, 5.74) is 5.26. The molecule has 4 aliphatic rings. The molecule has 2 aliphatic carbocycles. The van der Waals surface area contributed by atoms with Crippen LogP contribution in [-0.2, 0) is 4.79 Å². The van der Waals surface area contributed by atoms with Crippen LogP contribution in [0.3, 0.4) is 0 Å². The standard InChI is InChI=1S/C30H39F3N6O3/c1-27(2)23(28(3,4)26(27)38-9-7-30(32,33)15-38)18-13-29(18)12-16(24(34)40)6-8-39(29)25(41)21-11-20(36-37-21)17-10-22(42-5)35-14-19(17)31/h10-11,14,16,18,23,26H,6-9,12-13,15H2,1-5H3,(H2,34,40)(H,36,37). The van der Waals surface area contributed by atoms with Crippen molar-refractivity contribution in [1.82, 2.24) is 25.0 Å². The van der Waals surface area contributed by atoms with Gasteiger partial charge in [-0.1, -0.05) is 27.7 Å². The molecule has 0 bridgehead atoms. The number of H-pyrrole nitrogens is 1. The summed E-state index contributed by atoms with van der Waals surface area (Å²) in [5, 5.41) is 6.99. The average Bonchev–Trinajstić information content (AvgIpc) is 3.23. The topological polar surface area (TPSA) is 117 Å². The van der Waals surface area contributed by atoms with Crippen LogP contribution >= 0.6 is 0 Å². The van der Waals surface area contributed by atoms with Gasteiger partial charge >= 0.3 is 0 Å². The number of carbonyl (C=O) groups is 2. The molecule has 4 fully saturated rings. The number of ether oxygens (including phenoxy) is 1. The molecule has 42 heavy (non-hydrogen) atoms. The Morgan fingerprint density at radius 3 is 2.45 bits per heavy atom. The van der Waals surface area contributed by atoms with Gasteiger partial charge in [-0.25, -0.2) is 18.2 Å². The number of halogens is 3. The number of nitrogens with two attached hydrogens (primary N) is 1. The molecule has 0 radical (unpaired) electrons.